The van der Waals surface area contributed by atoms with E-state index in [-0.39, 0.29) is 34.5 Å². The fourth-order valence-electron chi connectivity index (χ4n) is 3.82. The fraction of sp³-hybridized carbons (Fsp3) is 0.882. The summed E-state index contributed by atoms with van der Waals surface area (Å²) in [6, 6.07) is 0. The standard InChI is InChI=1S/C17H28N2O3/c1-15(2,3)22-14(21)12-7-18-8-17(12)9-19(10-17)13(20)11-6-16(11,4)5/h11-12,18H,6-10H2,1-5H3/t11-,12+/m1/s1. The third-order valence-electron chi connectivity index (χ3n) is 5.39. The molecule has 1 amide bonds. The number of esters is 1. The highest BCUT2D eigenvalue weighted by Gasteiger charge is 2.60. The molecule has 3 aliphatic rings. The van der Waals surface area contributed by atoms with Gasteiger partial charge in [-0.3, -0.25) is 9.59 Å². The molecule has 0 radical (unpaired) electrons. The number of likely N-dealkylation sites (tertiary alicyclic amines) is 1. The zero-order valence-corrected chi connectivity index (χ0v) is 14.4. The van der Waals surface area contributed by atoms with Gasteiger partial charge in [-0.15, -0.1) is 0 Å². The van der Waals surface area contributed by atoms with Crippen LogP contribution in [-0.2, 0) is 14.3 Å². The molecule has 124 valence electrons. The SMILES string of the molecule is CC(C)(C)OC(=O)[C@@H]1CNCC12CN(C(=O)[C@H]1CC1(C)C)C2. The van der Waals surface area contributed by atoms with Crippen LogP contribution in [0.3, 0.4) is 0 Å². The molecule has 0 aromatic carbocycles. The number of carbonyl (C=O) groups excluding carboxylic acids is 2. The second-order valence-corrected chi connectivity index (χ2v) is 9.02. The molecule has 0 unspecified atom stereocenters. The molecular weight excluding hydrogens is 280 g/mol. The summed E-state index contributed by atoms with van der Waals surface area (Å²) in [5.41, 5.74) is -0.409. The lowest BCUT2D eigenvalue weighted by Crippen LogP contribution is -2.63. The van der Waals surface area contributed by atoms with Gasteiger partial charge in [0.25, 0.3) is 0 Å². The van der Waals surface area contributed by atoms with Crippen LogP contribution in [0.1, 0.15) is 41.0 Å². The predicted molar refractivity (Wildman–Crippen MR) is 83.1 cm³/mol. The summed E-state index contributed by atoms with van der Waals surface area (Å²) in [4.78, 5) is 26.8. The molecule has 22 heavy (non-hydrogen) atoms. The van der Waals surface area contributed by atoms with Crippen LogP contribution >= 0.6 is 0 Å². The Morgan fingerprint density at radius 1 is 1.18 bits per heavy atom. The minimum Gasteiger partial charge on any atom is -0.460 e. The highest BCUT2D eigenvalue weighted by Crippen LogP contribution is 2.54. The number of hydrogen-bond acceptors (Lipinski definition) is 4. The zero-order chi connectivity index (χ0) is 16.3. The average molecular weight is 308 g/mol. The molecule has 2 saturated heterocycles. The van der Waals surface area contributed by atoms with Crippen LogP contribution in [0.15, 0.2) is 0 Å². The molecule has 0 aromatic rings. The Hall–Kier alpha value is -1.10. The quantitative estimate of drug-likeness (QED) is 0.784. The summed E-state index contributed by atoms with van der Waals surface area (Å²) >= 11 is 0. The van der Waals surface area contributed by atoms with E-state index in [4.69, 9.17) is 4.74 Å². The van der Waals surface area contributed by atoms with Crippen molar-refractivity contribution in [2.75, 3.05) is 26.2 Å². The number of ether oxygens (including phenoxy) is 1. The Labute approximate surface area is 132 Å². The number of amides is 1. The van der Waals surface area contributed by atoms with Crippen molar-refractivity contribution in [3.8, 4) is 0 Å². The summed E-state index contributed by atoms with van der Waals surface area (Å²) < 4.78 is 5.56. The molecular formula is C17H28N2O3. The Kier molecular flexibility index (Phi) is 3.37. The fourth-order valence-corrected chi connectivity index (χ4v) is 3.82. The van der Waals surface area contributed by atoms with Crippen LogP contribution in [0.2, 0.25) is 0 Å². The van der Waals surface area contributed by atoms with Gasteiger partial charge in [0.15, 0.2) is 0 Å². The number of nitrogens with zero attached hydrogens (tertiary/aromatic N) is 1. The van der Waals surface area contributed by atoms with Crippen LogP contribution < -0.4 is 5.32 Å². The summed E-state index contributed by atoms with van der Waals surface area (Å²) in [7, 11) is 0. The second kappa shape index (κ2) is 4.70. The van der Waals surface area contributed by atoms with Gasteiger partial charge in [0.05, 0.1) is 5.92 Å². The molecule has 5 nitrogen and oxygen atoms in total. The zero-order valence-electron chi connectivity index (χ0n) is 14.4. The van der Waals surface area contributed by atoms with E-state index in [1.807, 2.05) is 25.7 Å². The van der Waals surface area contributed by atoms with E-state index in [0.29, 0.717) is 19.6 Å². The maximum absolute atomic E-state index is 12.4. The Balaban J connectivity index is 1.61. The van der Waals surface area contributed by atoms with Crippen LogP contribution in [0.25, 0.3) is 0 Å². The molecule has 5 heteroatoms. The molecule has 1 N–H and O–H groups in total. The van der Waals surface area contributed by atoms with Crippen molar-refractivity contribution in [2.45, 2.75) is 46.6 Å². The van der Waals surface area contributed by atoms with Crippen LogP contribution in [0.4, 0.5) is 0 Å². The van der Waals surface area contributed by atoms with Gasteiger partial charge < -0.3 is 15.0 Å². The number of rotatable bonds is 2. The van der Waals surface area contributed by atoms with Crippen molar-refractivity contribution in [1.29, 1.82) is 0 Å². The van der Waals surface area contributed by atoms with Gasteiger partial charge >= 0.3 is 5.97 Å². The van der Waals surface area contributed by atoms with Gasteiger partial charge in [-0.05, 0) is 32.6 Å². The number of carbonyl (C=O) groups is 2. The van der Waals surface area contributed by atoms with Crippen LogP contribution in [-0.4, -0.2) is 48.6 Å². The molecule has 0 bridgehead atoms. The van der Waals surface area contributed by atoms with E-state index in [0.717, 1.165) is 13.0 Å². The van der Waals surface area contributed by atoms with Gasteiger partial charge in [0, 0.05) is 37.5 Å². The smallest absolute Gasteiger partial charge is 0.311 e. The lowest BCUT2D eigenvalue weighted by molar-refractivity contribution is -0.171. The van der Waals surface area contributed by atoms with E-state index < -0.39 is 5.60 Å². The van der Waals surface area contributed by atoms with Crippen LogP contribution in [0, 0.1) is 22.7 Å². The maximum Gasteiger partial charge on any atom is 0.311 e. The Bertz CT molecular complexity index is 501. The lowest BCUT2D eigenvalue weighted by atomic mass is 9.71. The predicted octanol–water partition coefficient (Wildman–Crippen LogP) is 1.42. The van der Waals surface area contributed by atoms with Gasteiger partial charge in [-0.25, -0.2) is 0 Å². The van der Waals surface area contributed by atoms with Crippen molar-refractivity contribution in [3.05, 3.63) is 0 Å². The molecule has 2 heterocycles. The lowest BCUT2D eigenvalue weighted by Gasteiger charge is -2.50. The first kappa shape index (κ1) is 15.8. The highest BCUT2D eigenvalue weighted by atomic mass is 16.6. The Morgan fingerprint density at radius 3 is 2.27 bits per heavy atom. The van der Waals surface area contributed by atoms with E-state index in [2.05, 4.69) is 19.2 Å². The van der Waals surface area contributed by atoms with Gasteiger partial charge in [0.1, 0.15) is 5.60 Å². The maximum atomic E-state index is 12.4. The van der Waals surface area contributed by atoms with Crippen LogP contribution in [0.5, 0.6) is 0 Å². The first-order valence-electron chi connectivity index (χ1n) is 8.27. The van der Waals surface area contributed by atoms with E-state index in [1.165, 1.54) is 0 Å². The minimum atomic E-state index is -0.460. The summed E-state index contributed by atoms with van der Waals surface area (Å²) in [5, 5.41) is 3.31. The van der Waals surface area contributed by atoms with Crippen molar-refractivity contribution >= 4 is 11.9 Å². The largest absolute Gasteiger partial charge is 0.460 e. The summed E-state index contributed by atoms with van der Waals surface area (Å²) in [6.07, 6.45) is 0.989. The first-order chi connectivity index (χ1) is 10.0. The topological polar surface area (TPSA) is 58.6 Å². The summed E-state index contributed by atoms with van der Waals surface area (Å²) in [5.74, 6) is 0.184. The molecule has 3 fully saturated rings. The number of nitrogens with one attached hydrogen (secondary N) is 1. The third-order valence-corrected chi connectivity index (χ3v) is 5.39. The molecule has 2 atom stereocenters. The molecule has 0 aromatic heterocycles. The number of hydrogen-bond donors (Lipinski definition) is 1. The molecule has 1 saturated carbocycles. The highest BCUT2D eigenvalue weighted by molar-refractivity contribution is 5.84. The molecule has 1 spiro atoms. The van der Waals surface area contributed by atoms with Crippen molar-refractivity contribution < 1.29 is 14.3 Å². The average Bonchev–Trinajstić information content (AvgIpc) is 2.80. The molecule has 1 aliphatic carbocycles. The van der Waals surface area contributed by atoms with E-state index in [9.17, 15) is 9.59 Å². The first-order valence-corrected chi connectivity index (χ1v) is 8.27. The molecule has 3 rings (SSSR count). The van der Waals surface area contributed by atoms with Crippen molar-refractivity contribution in [2.24, 2.45) is 22.7 Å². The monoisotopic (exact) mass is 308 g/mol. The minimum absolute atomic E-state index is 0.114. The summed E-state index contributed by atoms with van der Waals surface area (Å²) in [6.45, 7) is 12.8. The van der Waals surface area contributed by atoms with E-state index >= 15 is 0 Å². The van der Waals surface area contributed by atoms with Crippen molar-refractivity contribution in [1.82, 2.24) is 10.2 Å². The van der Waals surface area contributed by atoms with Gasteiger partial charge in [-0.1, -0.05) is 13.8 Å². The van der Waals surface area contributed by atoms with E-state index in [1.54, 1.807) is 0 Å². The molecule has 2 aliphatic heterocycles. The third kappa shape index (κ3) is 2.64. The normalized spacial score (nSPS) is 31.8. The van der Waals surface area contributed by atoms with Crippen molar-refractivity contribution in [3.63, 3.8) is 0 Å². The second-order valence-electron chi connectivity index (χ2n) is 9.02. The van der Waals surface area contributed by atoms with Gasteiger partial charge in [0.2, 0.25) is 5.91 Å². The van der Waals surface area contributed by atoms with Gasteiger partial charge in [-0.2, -0.15) is 0 Å². The Morgan fingerprint density at radius 2 is 1.77 bits per heavy atom.